The smallest absolute Gasteiger partial charge is 0.315 e. The lowest BCUT2D eigenvalue weighted by Crippen LogP contribution is -2.36. The van der Waals surface area contributed by atoms with Crippen LogP contribution in [0.4, 0.5) is 4.79 Å². The number of phenolic OH excluding ortho intramolecular Hbond substituents is 1. The van der Waals surface area contributed by atoms with Gasteiger partial charge < -0.3 is 15.7 Å². The highest BCUT2D eigenvalue weighted by Crippen LogP contribution is 2.36. The van der Waals surface area contributed by atoms with Gasteiger partial charge in [-0.15, -0.1) is 0 Å². The lowest BCUT2D eigenvalue weighted by atomic mass is 10.1. The van der Waals surface area contributed by atoms with Crippen molar-refractivity contribution in [3.05, 3.63) is 59.2 Å². The standard InChI is InChI=1S/C18H20N2O3S/c1-24(23)13-7-5-12(6-8-13)11-19-18(22)20-16-10-9-15-14(16)3-2-4-17(15)21/h2-8,16,21H,9-11H2,1H3,(H2,19,20,22)/t16-,24+/m1/s1. The number of benzene rings is 2. The number of fused-ring (bicyclic) bond motifs is 1. The van der Waals surface area contributed by atoms with E-state index in [1.54, 1.807) is 30.5 Å². The summed E-state index contributed by atoms with van der Waals surface area (Å²) in [5.41, 5.74) is 2.86. The largest absolute Gasteiger partial charge is 0.508 e. The second-order valence-electron chi connectivity index (χ2n) is 5.86. The Labute approximate surface area is 143 Å². The van der Waals surface area contributed by atoms with Crippen LogP contribution in [0.2, 0.25) is 0 Å². The molecule has 1 aliphatic rings. The molecule has 0 fully saturated rings. The van der Waals surface area contributed by atoms with E-state index in [0.29, 0.717) is 12.3 Å². The number of phenols is 1. The number of carbonyl (C=O) groups is 1. The van der Waals surface area contributed by atoms with Crippen LogP contribution in [0.1, 0.15) is 29.2 Å². The van der Waals surface area contributed by atoms with Crippen molar-refractivity contribution >= 4 is 16.8 Å². The number of urea groups is 1. The third-order valence-corrected chi connectivity index (χ3v) is 5.20. The minimum absolute atomic E-state index is 0.0722. The summed E-state index contributed by atoms with van der Waals surface area (Å²) in [6.07, 6.45) is 3.19. The van der Waals surface area contributed by atoms with E-state index in [4.69, 9.17) is 0 Å². The Hall–Kier alpha value is -2.34. The van der Waals surface area contributed by atoms with Gasteiger partial charge in [0.25, 0.3) is 0 Å². The lowest BCUT2D eigenvalue weighted by Gasteiger charge is -2.15. The fourth-order valence-corrected chi connectivity index (χ4v) is 3.49. The molecular weight excluding hydrogens is 324 g/mol. The Bertz CT molecular complexity index is 774. The maximum Gasteiger partial charge on any atom is 0.315 e. The first-order valence-corrected chi connectivity index (χ1v) is 9.38. The van der Waals surface area contributed by atoms with Crippen LogP contribution in [0.25, 0.3) is 0 Å². The van der Waals surface area contributed by atoms with Crippen molar-refractivity contribution < 1.29 is 14.1 Å². The molecule has 24 heavy (non-hydrogen) atoms. The maximum atomic E-state index is 12.1. The van der Waals surface area contributed by atoms with E-state index in [-0.39, 0.29) is 12.1 Å². The molecule has 0 spiro atoms. The normalized spacial score (nSPS) is 17.1. The van der Waals surface area contributed by atoms with E-state index in [0.717, 1.165) is 34.4 Å². The summed E-state index contributed by atoms with van der Waals surface area (Å²) in [4.78, 5) is 12.9. The average Bonchev–Trinajstić information content (AvgIpc) is 2.98. The van der Waals surface area contributed by atoms with Gasteiger partial charge in [-0.2, -0.15) is 0 Å². The molecule has 5 nitrogen and oxygen atoms in total. The van der Waals surface area contributed by atoms with Crippen molar-refractivity contribution in [3.8, 4) is 5.75 Å². The number of amides is 2. The van der Waals surface area contributed by atoms with Crippen LogP contribution < -0.4 is 10.6 Å². The van der Waals surface area contributed by atoms with Crippen molar-refractivity contribution in [3.63, 3.8) is 0 Å². The van der Waals surface area contributed by atoms with Gasteiger partial charge in [0.1, 0.15) is 5.75 Å². The van der Waals surface area contributed by atoms with Gasteiger partial charge in [-0.3, -0.25) is 4.21 Å². The number of nitrogens with one attached hydrogen (secondary N) is 2. The molecule has 3 rings (SSSR count). The van der Waals surface area contributed by atoms with Crippen LogP contribution in [-0.4, -0.2) is 21.6 Å². The van der Waals surface area contributed by atoms with Gasteiger partial charge in [-0.1, -0.05) is 24.3 Å². The third kappa shape index (κ3) is 3.59. The monoisotopic (exact) mass is 344 g/mol. The van der Waals surface area contributed by atoms with Gasteiger partial charge >= 0.3 is 6.03 Å². The molecule has 0 saturated heterocycles. The first-order valence-electron chi connectivity index (χ1n) is 7.82. The molecule has 0 unspecified atom stereocenters. The average molecular weight is 344 g/mol. The summed E-state index contributed by atoms with van der Waals surface area (Å²) >= 11 is 0. The summed E-state index contributed by atoms with van der Waals surface area (Å²) in [5, 5.41) is 15.6. The molecule has 0 radical (unpaired) electrons. The molecule has 0 aromatic heterocycles. The van der Waals surface area contributed by atoms with E-state index in [1.165, 1.54) is 0 Å². The van der Waals surface area contributed by atoms with Crippen LogP contribution in [-0.2, 0) is 23.8 Å². The number of aromatic hydroxyl groups is 1. The van der Waals surface area contributed by atoms with E-state index in [1.807, 2.05) is 18.2 Å². The van der Waals surface area contributed by atoms with Crippen molar-refractivity contribution in [2.75, 3.05) is 6.26 Å². The molecule has 0 saturated carbocycles. The molecule has 0 bridgehead atoms. The molecular formula is C18H20N2O3S. The Morgan fingerprint density at radius 2 is 2.00 bits per heavy atom. The summed E-state index contributed by atoms with van der Waals surface area (Å²) in [6.45, 7) is 0.405. The third-order valence-electron chi connectivity index (χ3n) is 4.26. The predicted octanol–water partition coefficient (Wildman–Crippen LogP) is 2.62. The topological polar surface area (TPSA) is 78.4 Å². The molecule has 6 heteroatoms. The number of hydrogen-bond acceptors (Lipinski definition) is 3. The van der Waals surface area contributed by atoms with E-state index in [2.05, 4.69) is 10.6 Å². The highest BCUT2D eigenvalue weighted by molar-refractivity contribution is 7.84. The Morgan fingerprint density at radius 3 is 2.71 bits per heavy atom. The molecule has 2 aromatic rings. The zero-order valence-corrected chi connectivity index (χ0v) is 14.2. The Morgan fingerprint density at radius 1 is 1.25 bits per heavy atom. The Balaban J connectivity index is 1.56. The molecule has 2 atom stereocenters. The lowest BCUT2D eigenvalue weighted by molar-refractivity contribution is 0.236. The van der Waals surface area contributed by atoms with Crippen LogP contribution in [0.3, 0.4) is 0 Å². The Kier molecular flexibility index (Phi) is 4.85. The van der Waals surface area contributed by atoms with Gasteiger partial charge in [0, 0.05) is 28.5 Å². The predicted molar refractivity (Wildman–Crippen MR) is 93.3 cm³/mol. The summed E-state index contributed by atoms with van der Waals surface area (Å²) in [5.74, 6) is 0.297. The van der Waals surface area contributed by atoms with E-state index < -0.39 is 10.8 Å². The quantitative estimate of drug-likeness (QED) is 0.798. The highest BCUT2D eigenvalue weighted by Gasteiger charge is 2.25. The van der Waals surface area contributed by atoms with Crippen LogP contribution in [0.5, 0.6) is 5.75 Å². The van der Waals surface area contributed by atoms with Crippen LogP contribution in [0, 0.1) is 0 Å². The summed E-state index contributed by atoms with van der Waals surface area (Å²) in [6, 6.07) is 12.4. The molecule has 126 valence electrons. The molecule has 3 N–H and O–H groups in total. The first kappa shape index (κ1) is 16.5. The molecule has 2 aromatic carbocycles. The van der Waals surface area contributed by atoms with Crippen LogP contribution in [0.15, 0.2) is 47.4 Å². The zero-order valence-electron chi connectivity index (χ0n) is 13.4. The van der Waals surface area contributed by atoms with Crippen molar-refractivity contribution in [2.24, 2.45) is 0 Å². The minimum atomic E-state index is -0.997. The zero-order chi connectivity index (χ0) is 17.1. The van der Waals surface area contributed by atoms with E-state index in [9.17, 15) is 14.1 Å². The van der Waals surface area contributed by atoms with Crippen molar-refractivity contribution in [2.45, 2.75) is 30.3 Å². The van der Waals surface area contributed by atoms with Gasteiger partial charge in [-0.25, -0.2) is 4.79 Å². The molecule has 2 amide bonds. The van der Waals surface area contributed by atoms with Crippen molar-refractivity contribution in [1.82, 2.24) is 10.6 Å². The van der Waals surface area contributed by atoms with E-state index >= 15 is 0 Å². The van der Waals surface area contributed by atoms with Gasteiger partial charge in [0.15, 0.2) is 0 Å². The molecule has 0 aliphatic heterocycles. The number of hydrogen-bond donors (Lipinski definition) is 3. The second-order valence-corrected chi connectivity index (χ2v) is 7.24. The first-order chi connectivity index (χ1) is 11.5. The van der Waals surface area contributed by atoms with Crippen LogP contribution >= 0.6 is 0 Å². The minimum Gasteiger partial charge on any atom is -0.508 e. The van der Waals surface area contributed by atoms with Gasteiger partial charge in [0.2, 0.25) is 0 Å². The SMILES string of the molecule is C[S@](=O)c1ccc(CNC(=O)N[C@@H]2CCc3c(O)cccc32)cc1. The number of carbonyl (C=O) groups excluding carboxylic acids is 1. The fourth-order valence-electron chi connectivity index (χ4n) is 2.98. The van der Waals surface area contributed by atoms with Crippen molar-refractivity contribution in [1.29, 1.82) is 0 Å². The second kappa shape index (κ2) is 7.05. The summed E-state index contributed by atoms with van der Waals surface area (Å²) in [7, 11) is -0.997. The fraction of sp³-hybridized carbons (Fsp3) is 0.278. The molecule has 0 heterocycles. The number of rotatable bonds is 4. The maximum absolute atomic E-state index is 12.1. The molecule has 1 aliphatic carbocycles. The van der Waals surface area contributed by atoms with Gasteiger partial charge in [0.05, 0.1) is 6.04 Å². The summed E-state index contributed by atoms with van der Waals surface area (Å²) < 4.78 is 11.4. The highest BCUT2D eigenvalue weighted by atomic mass is 32.2. The van der Waals surface area contributed by atoms with Gasteiger partial charge in [-0.05, 0) is 47.7 Å².